The first kappa shape index (κ1) is 12.7. The number of hydrogen-bond acceptors (Lipinski definition) is 4. The van der Waals surface area contributed by atoms with Crippen LogP contribution in [0.3, 0.4) is 0 Å². The number of hydrogen-bond donors (Lipinski definition) is 1. The Labute approximate surface area is 89.1 Å². The van der Waals surface area contributed by atoms with Gasteiger partial charge in [0.25, 0.3) is 6.43 Å². The van der Waals surface area contributed by atoms with E-state index in [-0.39, 0.29) is 0 Å². The van der Waals surface area contributed by atoms with Gasteiger partial charge in [0.15, 0.2) is 0 Å². The summed E-state index contributed by atoms with van der Waals surface area (Å²) < 4.78 is 64.3. The molecule has 0 aliphatic carbocycles. The van der Waals surface area contributed by atoms with Crippen LogP contribution in [0.15, 0.2) is 11.0 Å². The second kappa shape index (κ2) is 4.26. The quantitative estimate of drug-likeness (QED) is 0.811. The molecule has 1 aromatic heterocycles. The number of alkyl halides is 2. The SMILES string of the molecule is COc1nc(F)cc(S(N)(=O)=O)c1C(F)F. The number of nitrogens with two attached hydrogens (primary N) is 1. The molecule has 1 aromatic rings. The Morgan fingerprint density at radius 2 is 2.06 bits per heavy atom. The Bertz CT molecular complexity index is 504. The summed E-state index contributed by atoms with van der Waals surface area (Å²) in [5.74, 6) is -2.08. The zero-order valence-corrected chi connectivity index (χ0v) is 8.76. The number of sulfonamides is 1. The molecule has 0 fully saturated rings. The monoisotopic (exact) mass is 256 g/mol. The number of rotatable bonds is 3. The van der Waals surface area contributed by atoms with Gasteiger partial charge in [-0.1, -0.05) is 0 Å². The maximum absolute atomic E-state index is 12.8. The van der Waals surface area contributed by atoms with Crippen LogP contribution < -0.4 is 9.88 Å². The van der Waals surface area contributed by atoms with E-state index in [1.54, 1.807) is 0 Å². The highest BCUT2D eigenvalue weighted by atomic mass is 32.2. The summed E-state index contributed by atoms with van der Waals surface area (Å²) in [7, 11) is -3.51. The summed E-state index contributed by atoms with van der Waals surface area (Å²) in [5, 5.41) is 4.68. The number of methoxy groups -OCH3 is 1. The standard InChI is InChI=1S/C7H7F3N2O3S/c1-15-7-5(6(9)10)3(16(11,13)14)2-4(8)12-7/h2,6H,1H3,(H2,11,13,14). The minimum absolute atomic E-state index is 0.319. The largest absolute Gasteiger partial charge is 0.481 e. The van der Waals surface area contributed by atoms with E-state index >= 15 is 0 Å². The topological polar surface area (TPSA) is 82.3 Å². The zero-order valence-electron chi connectivity index (χ0n) is 7.95. The van der Waals surface area contributed by atoms with Gasteiger partial charge in [-0.3, -0.25) is 0 Å². The van der Waals surface area contributed by atoms with Crippen molar-refractivity contribution in [3.05, 3.63) is 17.6 Å². The lowest BCUT2D eigenvalue weighted by molar-refractivity contribution is 0.141. The number of ether oxygens (including phenoxy) is 1. The molecule has 1 rings (SSSR count). The molecule has 0 saturated carbocycles. The van der Waals surface area contributed by atoms with Gasteiger partial charge in [-0.05, 0) is 0 Å². The third-order valence-corrected chi connectivity index (χ3v) is 2.62. The van der Waals surface area contributed by atoms with E-state index in [1.807, 2.05) is 0 Å². The third kappa shape index (κ3) is 2.42. The number of primary sulfonamides is 1. The molecule has 2 N–H and O–H groups in total. The predicted octanol–water partition coefficient (Wildman–Crippen LogP) is 0.814. The molecule has 0 unspecified atom stereocenters. The van der Waals surface area contributed by atoms with Crippen molar-refractivity contribution in [1.29, 1.82) is 0 Å². The van der Waals surface area contributed by atoms with Crippen LogP contribution in [0.5, 0.6) is 5.88 Å². The first-order valence-corrected chi connectivity index (χ1v) is 5.37. The van der Waals surface area contributed by atoms with Gasteiger partial charge in [-0.2, -0.15) is 9.37 Å². The van der Waals surface area contributed by atoms with Crippen LogP contribution in [0.25, 0.3) is 0 Å². The van der Waals surface area contributed by atoms with Crippen molar-refractivity contribution in [2.75, 3.05) is 7.11 Å². The van der Waals surface area contributed by atoms with Gasteiger partial charge in [0.05, 0.1) is 7.11 Å². The van der Waals surface area contributed by atoms with Crippen LogP contribution in [0.1, 0.15) is 12.0 Å². The van der Waals surface area contributed by atoms with Crippen molar-refractivity contribution in [2.45, 2.75) is 11.3 Å². The van der Waals surface area contributed by atoms with Crippen molar-refractivity contribution < 1.29 is 26.3 Å². The Morgan fingerprint density at radius 3 is 2.44 bits per heavy atom. The Morgan fingerprint density at radius 1 is 1.50 bits per heavy atom. The lowest BCUT2D eigenvalue weighted by Gasteiger charge is -2.10. The molecule has 0 amide bonds. The summed E-state index contributed by atoms with van der Waals surface area (Å²) in [6.45, 7) is 0. The first-order valence-electron chi connectivity index (χ1n) is 3.82. The Hall–Kier alpha value is -1.35. The lowest BCUT2D eigenvalue weighted by Crippen LogP contribution is -2.16. The molecule has 1 heterocycles. The average molecular weight is 256 g/mol. The molecule has 9 heteroatoms. The van der Waals surface area contributed by atoms with Gasteiger partial charge in [0.1, 0.15) is 10.5 Å². The summed E-state index contributed by atoms with van der Waals surface area (Å²) in [6, 6.07) is 0.319. The second-order valence-electron chi connectivity index (χ2n) is 2.71. The maximum atomic E-state index is 12.8. The van der Waals surface area contributed by atoms with Gasteiger partial charge in [-0.15, -0.1) is 0 Å². The molecular weight excluding hydrogens is 249 g/mol. The summed E-state index contributed by atoms with van der Waals surface area (Å²) >= 11 is 0. The van der Waals surface area contributed by atoms with Gasteiger partial charge in [-0.25, -0.2) is 22.3 Å². The number of nitrogens with zero attached hydrogens (tertiary/aromatic N) is 1. The summed E-state index contributed by atoms with van der Waals surface area (Å²) in [4.78, 5) is 1.96. The van der Waals surface area contributed by atoms with E-state index in [1.165, 1.54) is 0 Å². The molecule has 0 aliphatic heterocycles. The maximum Gasteiger partial charge on any atom is 0.270 e. The van der Waals surface area contributed by atoms with Gasteiger partial charge in [0, 0.05) is 6.07 Å². The molecule has 16 heavy (non-hydrogen) atoms. The molecule has 0 aromatic carbocycles. The van der Waals surface area contributed by atoms with E-state index < -0.39 is 38.7 Å². The van der Waals surface area contributed by atoms with E-state index in [0.29, 0.717) is 6.07 Å². The first-order chi connectivity index (χ1) is 7.27. The molecular formula is C7H7F3N2O3S. The minimum Gasteiger partial charge on any atom is -0.481 e. The van der Waals surface area contributed by atoms with E-state index in [4.69, 9.17) is 0 Å². The predicted molar refractivity (Wildman–Crippen MR) is 47.1 cm³/mol. The van der Waals surface area contributed by atoms with Crippen molar-refractivity contribution in [3.63, 3.8) is 0 Å². The molecule has 0 bridgehead atoms. The van der Waals surface area contributed by atoms with Crippen LogP contribution in [0.4, 0.5) is 13.2 Å². The van der Waals surface area contributed by atoms with Crippen LogP contribution in [0.2, 0.25) is 0 Å². The minimum atomic E-state index is -4.47. The van der Waals surface area contributed by atoms with Gasteiger partial charge in [0.2, 0.25) is 21.9 Å². The van der Waals surface area contributed by atoms with Crippen molar-refractivity contribution in [1.82, 2.24) is 4.98 Å². The lowest BCUT2D eigenvalue weighted by atomic mass is 10.3. The van der Waals surface area contributed by atoms with Crippen molar-refractivity contribution in [2.24, 2.45) is 5.14 Å². The highest BCUT2D eigenvalue weighted by molar-refractivity contribution is 7.89. The second-order valence-corrected chi connectivity index (χ2v) is 4.24. The number of aromatic nitrogens is 1. The molecule has 0 saturated heterocycles. The van der Waals surface area contributed by atoms with Crippen LogP contribution >= 0.6 is 0 Å². The van der Waals surface area contributed by atoms with E-state index in [9.17, 15) is 21.6 Å². The van der Waals surface area contributed by atoms with Gasteiger partial charge < -0.3 is 4.74 Å². The molecule has 0 radical (unpaired) electrons. The fourth-order valence-electron chi connectivity index (χ4n) is 1.07. The third-order valence-electron chi connectivity index (χ3n) is 1.67. The fourth-order valence-corrected chi connectivity index (χ4v) is 1.82. The Balaban J connectivity index is 3.64. The molecule has 5 nitrogen and oxygen atoms in total. The van der Waals surface area contributed by atoms with Gasteiger partial charge >= 0.3 is 0 Å². The molecule has 0 aliphatic rings. The van der Waals surface area contributed by atoms with E-state index in [2.05, 4.69) is 14.9 Å². The smallest absolute Gasteiger partial charge is 0.270 e. The Kier molecular flexibility index (Phi) is 3.38. The molecule has 0 spiro atoms. The average Bonchev–Trinajstić information content (AvgIpc) is 2.14. The van der Waals surface area contributed by atoms with Crippen molar-refractivity contribution in [3.8, 4) is 5.88 Å². The molecule has 0 atom stereocenters. The van der Waals surface area contributed by atoms with Crippen molar-refractivity contribution >= 4 is 10.0 Å². The zero-order chi connectivity index (χ0) is 12.5. The highest BCUT2D eigenvalue weighted by Crippen LogP contribution is 2.32. The highest BCUT2D eigenvalue weighted by Gasteiger charge is 2.27. The van der Waals surface area contributed by atoms with Crippen LogP contribution in [0, 0.1) is 5.95 Å². The fraction of sp³-hybridized carbons (Fsp3) is 0.286. The number of halogens is 3. The molecule has 90 valence electrons. The van der Waals surface area contributed by atoms with E-state index in [0.717, 1.165) is 7.11 Å². The summed E-state index contributed by atoms with van der Waals surface area (Å²) in [5.41, 5.74) is -1.05. The van der Waals surface area contributed by atoms with Crippen LogP contribution in [-0.4, -0.2) is 20.5 Å². The normalized spacial score (nSPS) is 11.9. The number of pyridine rings is 1. The van der Waals surface area contributed by atoms with Crippen LogP contribution in [-0.2, 0) is 10.0 Å². The summed E-state index contributed by atoms with van der Waals surface area (Å²) in [6.07, 6.45) is -3.20.